The first-order chi connectivity index (χ1) is 13.5. The van der Waals surface area contributed by atoms with Gasteiger partial charge < -0.3 is 13.3 Å². The Morgan fingerprint density at radius 2 is 1.11 bits per heavy atom. The molecule has 7 heteroatoms. The van der Waals surface area contributed by atoms with Gasteiger partial charge in [-0.1, -0.05) is 45.0 Å². The van der Waals surface area contributed by atoms with Crippen LogP contribution in [0.4, 0.5) is 13.2 Å². The standard InChI is InChI=1S/C21H27F3O3Si/c1-4-11-25-28(26-12-5-2,27-13-6-3)18-9-7-16(8-10-18)17-14-19(22)21(24)20(23)15-17/h7-10,14-15H,4-6,11-13H2,1-3H3. The van der Waals surface area contributed by atoms with E-state index >= 15 is 0 Å². The molecule has 0 radical (unpaired) electrons. The quantitative estimate of drug-likeness (QED) is 0.375. The Morgan fingerprint density at radius 3 is 1.50 bits per heavy atom. The van der Waals surface area contributed by atoms with Crippen LogP contribution in [0.2, 0.25) is 0 Å². The van der Waals surface area contributed by atoms with E-state index in [2.05, 4.69) is 0 Å². The van der Waals surface area contributed by atoms with Gasteiger partial charge in [-0.2, -0.15) is 0 Å². The minimum Gasteiger partial charge on any atom is -0.370 e. The Hall–Kier alpha value is -1.67. The molecule has 0 saturated carbocycles. The molecule has 0 heterocycles. The van der Waals surface area contributed by atoms with Gasteiger partial charge in [-0.3, -0.25) is 0 Å². The fraction of sp³-hybridized carbons (Fsp3) is 0.429. The van der Waals surface area contributed by atoms with Gasteiger partial charge in [-0.15, -0.1) is 0 Å². The molecular formula is C21H27F3O3Si. The number of hydrogen-bond acceptors (Lipinski definition) is 3. The first kappa shape index (κ1) is 22.6. The van der Waals surface area contributed by atoms with Crippen LogP contribution in [-0.2, 0) is 13.3 Å². The largest absolute Gasteiger partial charge is 0.537 e. The first-order valence-electron chi connectivity index (χ1n) is 9.64. The highest BCUT2D eigenvalue weighted by atomic mass is 28.4. The average molecular weight is 413 g/mol. The van der Waals surface area contributed by atoms with E-state index in [1.165, 1.54) is 0 Å². The van der Waals surface area contributed by atoms with Crippen LogP contribution in [0.15, 0.2) is 36.4 Å². The van der Waals surface area contributed by atoms with Crippen molar-refractivity contribution >= 4 is 14.0 Å². The Bertz CT molecular complexity index is 708. The first-order valence-corrected chi connectivity index (χ1v) is 11.4. The predicted octanol–water partition coefficient (Wildman–Crippen LogP) is 5.20. The molecule has 2 aromatic rings. The minimum absolute atomic E-state index is 0.258. The van der Waals surface area contributed by atoms with Gasteiger partial charge in [-0.25, -0.2) is 13.2 Å². The lowest BCUT2D eigenvalue weighted by Crippen LogP contribution is -2.57. The summed E-state index contributed by atoms with van der Waals surface area (Å²) in [5.41, 5.74) is 0.819. The van der Waals surface area contributed by atoms with Crippen molar-refractivity contribution in [3.05, 3.63) is 53.8 Å². The van der Waals surface area contributed by atoms with E-state index in [4.69, 9.17) is 13.3 Å². The fourth-order valence-corrected chi connectivity index (χ4v) is 5.42. The Morgan fingerprint density at radius 1 is 0.679 bits per heavy atom. The van der Waals surface area contributed by atoms with Crippen molar-refractivity contribution in [1.82, 2.24) is 0 Å². The molecule has 0 saturated heterocycles. The lowest BCUT2D eigenvalue weighted by Gasteiger charge is -2.30. The third-order valence-electron chi connectivity index (χ3n) is 4.04. The van der Waals surface area contributed by atoms with Crippen molar-refractivity contribution in [1.29, 1.82) is 0 Å². The predicted molar refractivity (Wildman–Crippen MR) is 106 cm³/mol. The summed E-state index contributed by atoms with van der Waals surface area (Å²) in [5, 5.41) is 0.787. The van der Waals surface area contributed by atoms with Crippen molar-refractivity contribution < 1.29 is 26.4 Å². The van der Waals surface area contributed by atoms with E-state index in [0.717, 1.165) is 36.6 Å². The van der Waals surface area contributed by atoms with E-state index in [0.29, 0.717) is 25.4 Å². The third-order valence-corrected chi connectivity index (χ3v) is 6.84. The fourth-order valence-electron chi connectivity index (χ4n) is 2.67. The summed E-state index contributed by atoms with van der Waals surface area (Å²) < 4.78 is 58.6. The van der Waals surface area contributed by atoms with E-state index in [1.54, 1.807) is 24.3 Å². The normalized spacial score (nSPS) is 11.8. The molecule has 0 unspecified atom stereocenters. The van der Waals surface area contributed by atoms with Gasteiger partial charge in [0.25, 0.3) is 0 Å². The molecule has 0 bridgehead atoms. The van der Waals surface area contributed by atoms with Gasteiger partial charge in [0.15, 0.2) is 17.5 Å². The third kappa shape index (κ3) is 5.44. The average Bonchev–Trinajstić information content (AvgIpc) is 2.71. The maximum absolute atomic E-state index is 13.5. The van der Waals surface area contributed by atoms with Crippen molar-refractivity contribution in [3.8, 4) is 11.1 Å². The molecule has 154 valence electrons. The summed E-state index contributed by atoms with van der Waals surface area (Å²) in [6, 6.07) is 8.97. The molecule has 28 heavy (non-hydrogen) atoms. The van der Waals surface area contributed by atoms with Crippen molar-refractivity contribution in [2.45, 2.75) is 40.0 Å². The highest BCUT2D eigenvalue weighted by Gasteiger charge is 2.43. The Labute approximate surface area is 165 Å². The number of halogens is 3. The Balaban J connectivity index is 2.38. The van der Waals surface area contributed by atoms with Crippen LogP contribution in [0, 0.1) is 17.5 Å². The zero-order valence-corrected chi connectivity index (χ0v) is 17.6. The van der Waals surface area contributed by atoms with Crippen LogP contribution >= 0.6 is 0 Å². The molecule has 0 spiro atoms. The number of hydrogen-bond donors (Lipinski definition) is 0. The molecule has 0 aliphatic carbocycles. The molecule has 0 aromatic heterocycles. The molecular weight excluding hydrogens is 385 g/mol. The van der Waals surface area contributed by atoms with Crippen LogP contribution in [0.25, 0.3) is 11.1 Å². The van der Waals surface area contributed by atoms with E-state index in [-0.39, 0.29) is 5.56 Å². The van der Waals surface area contributed by atoms with Gasteiger partial charge in [-0.05, 0) is 42.5 Å². The number of rotatable bonds is 11. The van der Waals surface area contributed by atoms with Crippen molar-refractivity contribution in [3.63, 3.8) is 0 Å². The molecule has 2 aromatic carbocycles. The van der Waals surface area contributed by atoms with E-state index in [1.807, 2.05) is 20.8 Å². The van der Waals surface area contributed by atoms with Gasteiger partial charge >= 0.3 is 8.80 Å². The number of benzene rings is 2. The van der Waals surface area contributed by atoms with Crippen LogP contribution in [0.3, 0.4) is 0 Å². The highest BCUT2D eigenvalue weighted by Crippen LogP contribution is 2.24. The second-order valence-electron chi connectivity index (χ2n) is 6.43. The minimum atomic E-state index is -3.10. The molecule has 0 aliphatic heterocycles. The molecule has 0 amide bonds. The topological polar surface area (TPSA) is 27.7 Å². The maximum Gasteiger partial charge on any atom is 0.537 e. The lowest BCUT2D eigenvalue weighted by atomic mass is 10.1. The summed E-state index contributed by atoms with van der Waals surface area (Å²) in [4.78, 5) is 0. The zero-order chi connectivity index (χ0) is 20.6. The van der Waals surface area contributed by atoms with Crippen molar-refractivity contribution in [2.24, 2.45) is 0 Å². The molecule has 0 aliphatic rings. The summed E-state index contributed by atoms with van der Waals surface area (Å²) in [6.07, 6.45) is 2.48. The second kappa shape index (κ2) is 10.8. The lowest BCUT2D eigenvalue weighted by molar-refractivity contribution is 0.0732. The van der Waals surface area contributed by atoms with Crippen LogP contribution in [-0.4, -0.2) is 28.6 Å². The SMILES string of the molecule is CCCO[Si](OCCC)(OCCC)c1ccc(-c2cc(F)c(F)c(F)c2)cc1. The summed E-state index contributed by atoms with van der Waals surface area (Å²) in [7, 11) is -3.10. The van der Waals surface area contributed by atoms with Gasteiger partial charge in [0.1, 0.15) is 0 Å². The molecule has 0 N–H and O–H groups in total. The van der Waals surface area contributed by atoms with Crippen LogP contribution < -0.4 is 5.19 Å². The van der Waals surface area contributed by atoms with Crippen LogP contribution in [0.5, 0.6) is 0 Å². The maximum atomic E-state index is 13.5. The van der Waals surface area contributed by atoms with Gasteiger partial charge in [0.05, 0.1) is 0 Å². The molecule has 0 fully saturated rings. The zero-order valence-electron chi connectivity index (χ0n) is 16.6. The summed E-state index contributed by atoms with van der Waals surface area (Å²) in [5.74, 6) is -3.90. The second-order valence-corrected chi connectivity index (χ2v) is 8.99. The van der Waals surface area contributed by atoms with Gasteiger partial charge in [0.2, 0.25) is 0 Å². The molecule has 3 nitrogen and oxygen atoms in total. The molecule has 0 atom stereocenters. The van der Waals surface area contributed by atoms with Gasteiger partial charge in [0, 0.05) is 25.0 Å². The summed E-state index contributed by atoms with van der Waals surface area (Å²) >= 11 is 0. The van der Waals surface area contributed by atoms with E-state index < -0.39 is 26.3 Å². The van der Waals surface area contributed by atoms with Crippen molar-refractivity contribution in [2.75, 3.05) is 19.8 Å². The smallest absolute Gasteiger partial charge is 0.370 e. The highest BCUT2D eigenvalue weighted by molar-refractivity contribution is 6.75. The molecule has 2 rings (SSSR count). The Kier molecular flexibility index (Phi) is 8.69. The van der Waals surface area contributed by atoms with E-state index in [9.17, 15) is 13.2 Å². The van der Waals surface area contributed by atoms with Crippen LogP contribution in [0.1, 0.15) is 40.0 Å². The monoisotopic (exact) mass is 412 g/mol. The summed E-state index contributed by atoms with van der Waals surface area (Å²) in [6.45, 7) is 7.57.